The van der Waals surface area contributed by atoms with Gasteiger partial charge in [0.1, 0.15) is 5.60 Å². The molecule has 1 amide bonds. The number of nitrogens with zero attached hydrogens (tertiary/aromatic N) is 2. The van der Waals surface area contributed by atoms with E-state index in [0.717, 1.165) is 0 Å². The molecule has 5 heteroatoms. The molecule has 0 unspecified atom stereocenters. The van der Waals surface area contributed by atoms with Gasteiger partial charge in [-0.2, -0.15) is 0 Å². The van der Waals surface area contributed by atoms with E-state index < -0.39 is 17.5 Å². The van der Waals surface area contributed by atoms with E-state index >= 15 is 4.39 Å². The molecule has 2 heterocycles. The summed E-state index contributed by atoms with van der Waals surface area (Å²) < 4.78 is 20.8. The highest BCUT2D eigenvalue weighted by atomic mass is 19.1. The molecule has 2 aliphatic rings. The first-order chi connectivity index (χ1) is 10.2. The lowest BCUT2D eigenvalue weighted by molar-refractivity contribution is -0.103. The maximum Gasteiger partial charge on any atom is 0.413 e. The number of fused-ring (bicyclic) bond motifs is 2. The van der Waals surface area contributed by atoms with Crippen LogP contribution in [0, 0.1) is 0 Å². The second-order valence-electron chi connectivity index (χ2n) is 7.18. The van der Waals surface area contributed by atoms with Crippen LogP contribution in [0.15, 0.2) is 25.3 Å². The van der Waals surface area contributed by atoms with Crippen LogP contribution in [0.4, 0.5) is 9.18 Å². The molecular weight excluding hydrogens is 283 g/mol. The number of rotatable bonds is 4. The van der Waals surface area contributed by atoms with Crippen LogP contribution in [0.3, 0.4) is 0 Å². The van der Waals surface area contributed by atoms with Gasteiger partial charge in [-0.25, -0.2) is 9.18 Å². The molecule has 0 spiro atoms. The smallest absolute Gasteiger partial charge is 0.413 e. The molecule has 2 rings (SSSR count). The van der Waals surface area contributed by atoms with Gasteiger partial charge < -0.3 is 4.74 Å². The molecule has 3 atom stereocenters. The number of ether oxygens (including phenoxy) is 1. The molecule has 0 saturated carbocycles. The predicted octanol–water partition coefficient (Wildman–Crippen LogP) is 3.50. The quantitative estimate of drug-likeness (QED) is 0.588. The molecule has 0 aliphatic carbocycles. The van der Waals surface area contributed by atoms with Crippen molar-refractivity contribution in [3.63, 3.8) is 0 Å². The van der Waals surface area contributed by atoms with Gasteiger partial charge in [-0.3, -0.25) is 9.80 Å². The number of likely N-dealkylation sites (tertiary alicyclic amines) is 1. The molecule has 124 valence electrons. The van der Waals surface area contributed by atoms with Crippen molar-refractivity contribution in [1.29, 1.82) is 0 Å². The van der Waals surface area contributed by atoms with Crippen LogP contribution in [0.1, 0.15) is 40.0 Å². The standard InChI is InChI=1S/C17H27FN2O2/c1-6-8-13-14-9-10-17(18,12-19(13)11-7-2)20(14)15(21)22-16(3,4)5/h6-7,13-14H,1-2,8-12H2,3-5H3/t13-,14+,17-/m1/s1. The number of hydrogen-bond donors (Lipinski definition) is 0. The monoisotopic (exact) mass is 310 g/mol. The van der Waals surface area contributed by atoms with E-state index in [9.17, 15) is 4.79 Å². The lowest BCUT2D eigenvalue weighted by Gasteiger charge is -2.48. The van der Waals surface area contributed by atoms with Gasteiger partial charge in [0.05, 0.1) is 12.6 Å². The summed E-state index contributed by atoms with van der Waals surface area (Å²) in [6, 6.07) is -0.110. The molecule has 2 fully saturated rings. The number of alkyl halides is 1. The maximum atomic E-state index is 15.3. The van der Waals surface area contributed by atoms with Crippen LogP contribution in [0.2, 0.25) is 0 Å². The third kappa shape index (κ3) is 3.19. The van der Waals surface area contributed by atoms with Crippen LogP contribution >= 0.6 is 0 Å². The molecule has 2 saturated heterocycles. The molecule has 2 aliphatic heterocycles. The van der Waals surface area contributed by atoms with Gasteiger partial charge in [0.15, 0.2) is 0 Å². The molecule has 0 aromatic rings. The number of halogens is 1. The summed E-state index contributed by atoms with van der Waals surface area (Å²) >= 11 is 0. The Labute approximate surface area is 132 Å². The topological polar surface area (TPSA) is 32.8 Å². The molecule has 22 heavy (non-hydrogen) atoms. The Morgan fingerprint density at radius 3 is 2.64 bits per heavy atom. The Morgan fingerprint density at radius 1 is 1.41 bits per heavy atom. The molecule has 2 bridgehead atoms. The highest BCUT2D eigenvalue weighted by Crippen LogP contribution is 2.44. The van der Waals surface area contributed by atoms with Crippen molar-refractivity contribution in [1.82, 2.24) is 9.80 Å². The maximum absolute atomic E-state index is 15.3. The first kappa shape index (κ1) is 17.0. The first-order valence-corrected chi connectivity index (χ1v) is 7.89. The fraction of sp³-hybridized carbons (Fsp3) is 0.706. The van der Waals surface area contributed by atoms with Crippen LogP contribution in [0.5, 0.6) is 0 Å². The van der Waals surface area contributed by atoms with E-state index in [2.05, 4.69) is 18.1 Å². The van der Waals surface area contributed by atoms with Crippen LogP contribution in [-0.4, -0.2) is 52.5 Å². The number of amides is 1. The summed E-state index contributed by atoms with van der Waals surface area (Å²) in [6.45, 7) is 13.8. The Morgan fingerprint density at radius 2 is 2.09 bits per heavy atom. The predicted molar refractivity (Wildman–Crippen MR) is 85.3 cm³/mol. The second-order valence-corrected chi connectivity index (χ2v) is 7.18. The Hall–Kier alpha value is -1.36. The Kier molecular flexibility index (Phi) is 4.66. The summed E-state index contributed by atoms with van der Waals surface area (Å²) in [6.07, 6.45) is 4.79. The summed E-state index contributed by atoms with van der Waals surface area (Å²) in [5.74, 6) is -1.65. The zero-order valence-electron chi connectivity index (χ0n) is 13.8. The SMILES string of the molecule is C=CC[C@@H]1[C@@H]2CC[C@](F)(CN1CC=C)N2C(=O)OC(C)(C)C. The van der Waals surface area contributed by atoms with Crippen LogP contribution in [-0.2, 0) is 4.74 Å². The zero-order chi connectivity index (χ0) is 16.5. The van der Waals surface area contributed by atoms with E-state index in [1.165, 1.54) is 4.90 Å². The van der Waals surface area contributed by atoms with Gasteiger partial charge in [-0.1, -0.05) is 12.2 Å². The average molecular weight is 310 g/mol. The Bertz CT molecular complexity index is 460. The first-order valence-electron chi connectivity index (χ1n) is 7.89. The number of carbonyl (C=O) groups excluding carboxylic acids is 1. The van der Waals surface area contributed by atoms with E-state index in [-0.39, 0.29) is 18.6 Å². The molecule has 0 radical (unpaired) electrons. The minimum absolute atomic E-state index is 0.0643. The summed E-state index contributed by atoms with van der Waals surface area (Å²) in [4.78, 5) is 15.9. The van der Waals surface area contributed by atoms with Gasteiger partial charge in [0.25, 0.3) is 0 Å². The van der Waals surface area contributed by atoms with Gasteiger partial charge in [0.2, 0.25) is 5.79 Å². The third-order valence-corrected chi connectivity index (χ3v) is 4.31. The van der Waals surface area contributed by atoms with Crippen molar-refractivity contribution in [2.75, 3.05) is 13.1 Å². The normalized spacial score (nSPS) is 31.9. The second kappa shape index (κ2) is 6.03. The Balaban J connectivity index is 2.26. The van der Waals surface area contributed by atoms with Gasteiger partial charge in [-0.05, 0) is 33.6 Å². The van der Waals surface area contributed by atoms with Crippen molar-refractivity contribution in [3.05, 3.63) is 25.3 Å². The van der Waals surface area contributed by atoms with Crippen molar-refractivity contribution >= 4 is 6.09 Å². The van der Waals surface area contributed by atoms with Crippen LogP contribution < -0.4 is 0 Å². The molecular formula is C17H27FN2O2. The number of piperazine rings is 1. The van der Waals surface area contributed by atoms with Gasteiger partial charge in [0, 0.05) is 19.0 Å². The molecule has 0 aromatic heterocycles. The summed E-state index contributed by atoms with van der Waals surface area (Å²) in [5.41, 5.74) is -0.626. The lowest BCUT2D eigenvalue weighted by Crippen LogP contribution is -2.65. The minimum Gasteiger partial charge on any atom is -0.444 e. The van der Waals surface area contributed by atoms with Crippen molar-refractivity contribution < 1.29 is 13.9 Å². The van der Waals surface area contributed by atoms with Gasteiger partial charge in [-0.15, -0.1) is 13.2 Å². The summed E-state index contributed by atoms with van der Waals surface area (Å²) in [5, 5.41) is 0. The average Bonchev–Trinajstić information content (AvgIpc) is 2.64. The molecule has 4 nitrogen and oxygen atoms in total. The number of hydrogen-bond acceptors (Lipinski definition) is 3. The zero-order valence-corrected chi connectivity index (χ0v) is 13.8. The highest BCUT2D eigenvalue weighted by Gasteiger charge is 2.58. The van der Waals surface area contributed by atoms with Crippen LogP contribution in [0.25, 0.3) is 0 Å². The van der Waals surface area contributed by atoms with E-state index in [4.69, 9.17) is 4.74 Å². The van der Waals surface area contributed by atoms with Gasteiger partial charge >= 0.3 is 6.09 Å². The van der Waals surface area contributed by atoms with Crippen molar-refractivity contribution in [2.24, 2.45) is 0 Å². The number of carbonyl (C=O) groups is 1. The van der Waals surface area contributed by atoms with E-state index in [1.807, 2.05) is 6.08 Å². The highest BCUT2D eigenvalue weighted by molar-refractivity contribution is 5.70. The fourth-order valence-electron chi connectivity index (χ4n) is 3.56. The largest absolute Gasteiger partial charge is 0.444 e. The van der Waals surface area contributed by atoms with Crippen molar-refractivity contribution in [3.8, 4) is 0 Å². The summed E-state index contributed by atoms with van der Waals surface area (Å²) in [7, 11) is 0. The minimum atomic E-state index is -1.65. The third-order valence-electron chi connectivity index (χ3n) is 4.31. The van der Waals surface area contributed by atoms with E-state index in [1.54, 1.807) is 26.8 Å². The molecule has 0 N–H and O–H groups in total. The molecule has 0 aromatic carbocycles. The lowest BCUT2D eigenvalue weighted by atomic mass is 9.99. The van der Waals surface area contributed by atoms with Crippen molar-refractivity contribution in [2.45, 2.75) is 63.5 Å². The van der Waals surface area contributed by atoms with E-state index in [0.29, 0.717) is 25.8 Å². The fourth-order valence-corrected chi connectivity index (χ4v) is 3.56.